The van der Waals surface area contributed by atoms with Gasteiger partial charge in [-0.2, -0.15) is 0 Å². The van der Waals surface area contributed by atoms with Gasteiger partial charge < -0.3 is 10.2 Å². The SMILES string of the molecule is O=Cc1cccc2cc(-c3cc4cccc(C=O)c4c(I)c3O)c(O)c(I)c12. The summed E-state index contributed by atoms with van der Waals surface area (Å²) in [6.07, 6.45) is 1.53. The van der Waals surface area contributed by atoms with Crippen LogP contribution in [0.15, 0.2) is 48.5 Å². The number of rotatable bonds is 3. The van der Waals surface area contributed by atoms with Crippen LogP contribution in [0.5, 0.6) is 11.5 Å². The van der Waals surface area contributed by atoms with E-state index >= 15 is 0 Å². The van der Waals surface area contributed by atoms with E-state index in [0.717, 1.165) is 23.3 Å². The molecule has 0 amide bonds. The zero-order chi connectivity index (χ0) is 20.0. The number of aromatic hydroxyl groups is 2. The van der Waals surface area contributed by atoms with E-state index in [2.05, 4.69) is 0 Å². The first-order valence-electron chi connectivity index (χ1n) is 8.27. The minimum atomic E-state index is -0.000563. The standard InChI is InChI=1S/C22H12I2O4/c23-19-17-11(3-1-5-13(17)9-25)7-15(21(19)27)16-8-12-4-2-6-14(10-26)18(12)20(24)22(16)28/h1-10,27-28H. The zero-order valence-corrected chi connectivity index (χ0v) is 18.6. The van der Waals surface area contributed by atoms with Crippen molar-refractivity contribution in [3.05, 3.63) is 66.8 Å². The molecule has 138 valence electrons. The largest absolute Gasteiger partial charge is 0.506 e. The van der Waals surface area contributed by atoms with Crippen molar-refractivity contribution in [2.24, 2.45) is 0 Å². The van der Waals surface area contributed by atoms with E-state index in [-0.39, 0.29) is 11.5 Å². The van der Waals surface area contributed by atoms with Gasteiger partial charge >= 0.3 is 0 Å². The second-order valence-corrected chi connectivity index (χ2v) is 8.46. The zero-order valence-electron chi connectivity index (χ0n) is 14.2. The predicted octanol–water partition coefficient (Wildman–Crippen LogP) is 5.91. The summed E-state index contributed by atoms with van der Waals surface area (Å²) in [6, 6.07) is 14.2. The molecule has 0 bridgehead atoms. The molecular formula is C22H12I2O4. The average Bonchev–Trinajstić information content (AvgIpc) is 2.72. The summed E-state index contributed by atoms with van der Waals surface area (Å²) in [5.74, 6) is -0.00113. The van der Waals surface area contributed by atoms with Crippen molar-refractivity contribution in [1.29, 1.82) is 0 Å². The Bertz CT molecular complexity index is 1190. The Morgan fingerprint density at radius 2 is 1.07 bits per heavy atom. The summed E-state index contributed by atoms with van der Waals surface area (Å²) < 4.78 is 1.09. The Morgan fingerprint density at radius 1 is 0.679 bits per heavy atom. The lowest BCUT2D eigenvalue weighted by atomic mass is 9.94. The minimum Gasteiger partial charge on any atom is -0.506 e. The van der Waals surface area contributed by atoms with Crippen LogP contribution in [0.2, 0.25) is 0 Å². The first kappa shape index (κ1) is 19.1. The number of halogens is 2. The molecule has 4 aromatic carbocycles. The highest BCUT2D eigenvalue weighted by molar-refractivity contribution is 14.1. The molecule has 0 aliphatic carbocycles. The fourth-order valence-corrected chi connectivity index (χ4v) is 5.28. The molecule has 4 aromatic rings. The quantitative estimate of drug-likeness (QED) is 0.229. The Hall–Kier alpha value is -2.20. The topological polar surface area (TPSA) is 74.6 Å². The fraction of sp³-hybridized carbons (Fsp3) is 0. The van der Waals surface area contributed by atoms with Gasteiger partial charge in [0.15, 0.2) is 12.6 Å². The molecule has 0 saturated carbocycles. The van der Waals surface area contributed by atoms with Gasteiger partial charge in [-0.1, -0.05) is 36.4 Å². The summed E-state index contributed by atoms with van der Waals surface area (Å²) in [4.78, 5) is 22.8. The molecule has 0 unspecified atom stereocenters. The number of carbonyl (C=O) groups is 2. The highest BCUT2D eigenvalue weighted by Crippen LogP contribution is 2.45. The molecule has 0 fully saturated rings. The molecule has 0 spiro atoms. The average molecular weight is 594 g/mol. The van der Waals surface area contributed by atoms with Crippen LogP contribution in [0, 0.1) is 7.14 Å². The van der Waals surface area contributed by atoms with E-state index in [4.69, 9.17) is 0 Å². The number of hydrogen-bond acceptors (Lipinski definition) is 4. The molecule has 0 saturated heterocycles. The number of hydrogen-bond donors (Lipinski definition) is 2. The molecule has 0 atom stereocenters. The lowest BCUT2D eigenvalue weighted by molar-refractivity contribution is 0.111. The summed E-state index contributed by atoms with van der Waals surface area (Å²) in [5.41, 5.74) is 1.93. The Kier molecular flexibility index (Phi) is 5.00. The van der Waals surface area contributed by atoms with Gasteiger partial charge in [0.2, 0.25) is 0 Å². The molecular weight excluding hydrogens is 582 g/mol. The molecule has 4 rings (SSSR count). The summed E-state index contributed by atoms with van der Waals surface area (Å²) in [7, 11) is 0. The summed E-state index contributed by atoms with van der Waals surface area (Å²) in [5, 5.41) is 24.7. The molecule has 0 aliphatic heterocycles. The molecule has 6 heteroatoms. The number of phenols is 2. The van der Waals surface area contributed by atoms with Crippen LogP contribution in [0.3, 0.4) is 0 Å². The van der Waals surface area contributed by atoms with E-state index in [1.807, 2.05) is 57.3 Å². The highest BCUT2D eigenvalue weighted by Gasteiger charge is 2.20. The number of carbonyl (C=O) groups excluding carboxylic acids is 2. The Labute approximate surface area is 187 Å². The fourth-order valence-electron chi connectivity index (χ4n) is 3.45. The van der Waals surface area contributed by atoms with Crippen molar-refractivity contribution >= 4 is 79.3 Å². The van der Waals surface area contributed by atoms with Gasteiger partial charge in [0.1, 0.15) is 11.5 Å². The van der Waals surface area contributed by atoms with Crippen LogP contribution in [0.4, 0.5) is 0 Å². The predicted molar refractivity (Wildman–Crippen MR) is 126 cm³/mol. The minimum absolute atomic E-state index is 0.000563. The maximum Gasteiger partial charge on any atom is 0.150 e. The van der Waals surface area contributed by atoms with Crippen LogP contribution in [-0.2, 0) is 0 Å². The van der Waals surface area contributed by atoms with E-state index < -0.39 is 0 Å². The van der Waals surface area contributed by atoms with E-state index in [9.17, 15) is 19.8 Å². The summed E-state index contributed by atoms with van der Waals surface area (Å²) in [6.45, 7) is 0. The number of fused-ring (bicyclic) bond motifs is 2. The lowest BCUT2D eigenvalue weighted by Gasteiger charge is -2.15. The van der Waals surface area contributed by atoms with Crippen molar-refractivity contribution < 1.29 is 19.8 Å². The smallest absolute Gasteiger partial charge is 0.150 e. The van der Waals surface area contributed by atoms with Gasteiger partial charge in [-0.3, -0.25) is 9.59 Å². The molecule has 0 radical (unpaired) electrons. The normalized spacial score (nSPS) is 11.1. The van der Waals surface area contributed by atoms with Crippen molar-refractivity contribution in [3.63, 3.8) is 0 Å². The van der Waals surface area contributed by atoms with Crippen LogP contribution in [-0.4, -0.2) is 22.8 Å². The van der Waals surface area contributed by atoms with E-state index in [1.54, 1.807) is 36.4 Å². The molecule has 0 aliphatic rings. The second-order valence-electron chi connectivity index (χ2n) is 6.30. The molecule has 28 heavy (non-hydrogen) atoms. The van der Waals surface area contributed by atoms with Crippen molar-refractivity contribution in [1.82, 2.24) is 0 Å². The van der Waals surface area contributed by atoms with E-state index in [0.29, 0.717) is 40.2 Å². The molecule has 0 heterocycles. The van der Waals surface area contributed by atoms with Crippen molar-refractivity contribution in [3.8, 4) is 22.6 Å². The third kappa shape index (κ3) is 2.86. The Balaban J connectivity index is 2.10. The third-order valence-electron chi connectivity index (χ3n) is 4.77. The Morgan fingerprint density at radius 3 is 1.43 bits per heavy atom. The van der Waals surface area contributed by atoms with Gasteiger partial charge in [0.05, 0.1) is 7.14 Å². The molecule has 4 nitrogen and oxygen atoms in total. The van der Waals surface area contributed by atoms with Crippen LogP contribution < -0.4 is 0 Å². The monoisotopic (exact) mass is 594 g/mol. The van der Waals surface area contributed by atoms with Crippen LogP contribution in [0.1, 0.15) is 20.7 Å². The third-order valence-corrected chi connectivity index (χ3v) is 6.87. The van der Waals surface area contributed by atoms with Gasteiger partial charge in [0.25, 0.3) is 0 Å². The van der Waals surface area contributed by atoms with Gasteiger partial charge in [-0.15, -0.1) is 0 Å². The highest BCUT2D eigenvalue weighted by atomic mass is 127. The van der Waals surface area contributed by atoms with Gasteiger partial charge in [-0.25, -0.2) is 0 Å². The maximum atomic E-state index is 11.4. The van der Waals surface area contributed by atoms with Crippen LogP contribution in [0.25, 0.3) is 32.7 Å². The maximum absolute atomic E-state index is 11.4. The number of phenolic OH excluding ortho intramolecular Hbond substituents is 2. The number of benzene rings is 4. The second kappa shape index (κ2) is 7.32. The first-order chi connectivity index (χ1) is 13.5. The first-order valence-corrected chi connectivity index (χ1v) is 10.4. The lowest BCUT2D eigenvalue weighted by Crippen LogP contribution is -1.93. The van der Waals surface area contributed by atoms with Crippen molar-refractivity contribution in [2.45, 2.75) is 0 Å². The molecule has 2 N–H and O–H groups in total. The summed E-state index contributed by atoms with van der Waals surface area (Å²) >= 11 is 4.03. The van der Waals surface area contributed by atoms with Gasteiger partial charge in [0, 0.05) is 33.0 Å². The van der Waals surface area contributed by atoms with Gasteiger partial charge in [-0.05, 0) is 68.1 Å². The molecule has 0 aromatic heterocycles. The van der Waals surface area contributed by atoms with Crippen molar-refractivity contribution in [2.75, 3.05) is 0 Å². The van der Waals surface area contributed by atoms with E-state index in [1.165, 1.54) is 0 Å². The number of aldehydes is 2. The van der Waals surface area contributed by atoms with Crippen LogP contribution >= 0.6 is 45.2 Å².